The molecule has 3 N–H and O–H groups in total. The van der Waals surface area contributed by atoms with E-state index in [1.165, 1.54) is 19.3 Å². The summed E-state index contributed by atoms with van der Waals surface area (Å²) < 4.78 is 0. The fourth-order valence-electron chi connectivity index (χ4n) is 2.05. The molecule has 4 heteroatoms. The van der Waals surface area contributed by atoms with E-state index in [-0.39, 0.29) is 18.3 Å². The van der Waals surface area contributed by atoms with Crippen LogP contribution in [0.1, 0.15) is 31.2 Å². The zero-order valence-electron chi connectivity index (χ0n) is 10.5. The van der Waals surface area contributed by atoms with Crippen LogP contribution in [0.5, 0.6) is 0 Å². The average Bonchev–Trinajstić information content (AvgIpc) is 2.26. The van der Waals surface area contributed by atoms with Crippen LogP contribution in [0.25, 0.3) is 0 Å². The molecule has 0 aromatic heterocycles. The van der Waals surface area contributed by atoms with Crippen LogP contribution in [0.4, 0.5) is 5.69 Å². The molecule has 0 heterocycles. The molecule has 0 saturated heterocycles. The average molecular weight is 269 g/mol. The molecule has 0 atom stereocenters. The van der Waals surface area contributed by atoms with Gasteiger partial charge in [-0.1, -0.05) is 24.6 Å². The third kappa shape index (κ3) is 4.22. The second-order valence-corrected chi connectivity index (χ2v) is 4.80. The molecule has 18 heavy (non-hydrogen) atoms. The molecule has 1 amide bonds. The van der Waals surface area contributed by atoms with Gasteiger partial charge in [-0.3, -0.25) is 4.79 Å². The van der Waals surface area contributed by atoms with E-state index in [0.717, 1.165) is 30.1 Å². The molecule has 2 rings (SSSR count). The van der Waals surface area contributed by atoms with E-state index in [2.05, 4.69) is 5.32 Å². The molecule has 1 aliphatic carbocycles. The number of hydrogen-bond acceptors (Lipinski definition) is 2. The second kappa shape index (κ2) is 7.27. The summed E-state index contributed by atoms with van der Waals surface area (Å²) in [5.41, 5.74) is 7.67. The first-order valence-electron chi connectivity index (χ1n) is 6.36. The number of carbonyl (C=O) groups excluding carboxylic acids is 1. The number of carbonyl (C=O) groups is 1. The molecule has 0 radical (unpaired) electrons. The standard InChI is InChI=1S/C14H20N2O.ClH/c15-13-7-2-1-6-12(13)8-9-14(17)16-10-11-4-3-5-11;/h1-2,6-7,11H,3-5,8-10,15H2,(H,16,17);1H. The lowest BCUT2D eigenvalue weighted by Crippen LogP contribution is -2.32. The van der Waals surface area contributed by atoms with Gasteiger partial charge in [0.05, 0.1) is 0 Å². The van der Waals surface area contributed by atoms with Gasteiger partial charge in [-0.25, -0.2) is 0 Å². The summed E-state index contributed by atoms with van der Waals surface area (Å²) in [6.07, 6.45) is 5.11. The van der Waals surface area contributed by atoms with Crippen molar-refractivity contribution in [1.29, 1.82) is 0 Å². The summed E-state index contributed by atoms with van der Waals surface area (Å²) in [5, 5.41) is 2.99. The molecule has 0 unspecified atom stereocenters. The van der Waals surface area contributed by atoms with E-state index in [4.69, 9.17) is 5.73 Å². The third-order valence-electron chi connectivity index (χ3n) is 3.49. The zero-order valence-corrected chi connectivity index (χ0v) is 11.3. The quantitative estimate of drug-likeness (QED) is 0.807. The van der Waals surface area contributed by atoms with Crippen LogP contribution in [-0.2, 0) is 11.2 Å². The normalized spacial score (nSPS) is 14.4. The highest BCUT2D eigenvalue weighted by molar-refractivity contribution is 5.85. The lowest BCUT2D eigenvalue weighted by Gasteiger charge is -2.25. The van der Waals surface area contributed by atoms with Crippen molar-refractivity contribution in [2.24, 2.45) is 5.92 Å². The Bertz CT molecular complexity index is 391. The molecule has 3 nitrogen and oxygen atoms in total. The number of nitrogen functional groups attached to an aromatic ring is 1. The fraction of sp³-hybridized carbons (Fsp3) is 0.500. The van der Waals surface area contributed by atoms with Crippen molar-refractivity contribution in [3.05, 3.63) is 29.8 Å². The van der Waals surface area contributed by atoms with Gasteiger partial charge in [-0.05, 0) is 36.8 Å². The first kappa shape index (κ1) is 14.8. The number of halogens is 1. The molecule has 1 aromatic rings. The summed E-state index contributed by atoms with van der Waals surface area (Å²) in [4.78, 5) is 11.6. The largest absolute Gasteiger partial charge is 0.399 e. The van der Waals surface area contributed by atoms with Crippen molar-refractivity contribution in [3.8, 4) is 0 Å². The van der Waals surface area contributed by atoms with E-state index < -0.39 is 0 Å². The maximum atomic E-state index is 11.6. The highest BCUT2D eigenvalue weighted by Gasteiger charge is 2.17. The highest BCUT2D eigenvalue weighted by Crippen LogP contribution is 2.25. The first-order chi connectivity index (χ1) is 8.25. The number of anilines is 1. The number of rotatable bonds is 5. The number of nitrogens with two attached hydrogens (primary N) is 1. The smallest absolute Gasteiger partial charge is 0.220 e. The van der Waals surface area contributed by atoms with Crippen molar-refractivity contribution >= 4 is 24.0 Å². The van der Waals surface area contributed by atoms with Crippen LogP contribution in [0.3, 0.4) is 0 Å². The minimum Gasteiger partial charge on any atom is -0.399 e. The minimum atomic E-state index is 0. The topological polar surface area (TPSA) is 55.1 Å². The lowest BCUT2D eigenvalue weighted by atomic mass is 9.85. The van der Waals surface area contributed by atoms with Gasteiger partial charge in [0.2, 0.25) is 5.91 Å². The number of benzene rings is 1. The van der Waals surface area contributed by atoms with Crippen LogP contribution >= 0.6 is 12.4 Å². The molecule has 1 aliphatic rings. The van der Waals surface area contributed by atoms with Gasteiger partial charge < -0.3 is 11.1 Å². The van der Waals surface area contributed by atoms with Crippen molar-refractivity contribution in [2.75, 3.05) is 12.3 Å². The van der Waals surface area contributed by atoms with Gasteiger partial charge in [0.15, 0.2) is 0 Å². The van der Waals surface area contributed by atoms with Gasteiger partial charge in [-0.15, -0.1) is 12.4 Å². The Labute approximate surface area is 115 Å². The minimum absolute atomic E-state index is 0. The number of amides is 1. The molecule has 1 fully saturated rings. The summed E-state index contributed by atoms with van der Waals surface area (Å²) in [6, 6.07) is 7.73. The van der Waals surface area contributed by atoms with E-state index >= 15 is 0 Å². The molecule has 0 aliphatic heterocycles. The Morgan fingerprint density at radius 3 is 2.67 bits per heavy atom. The molecular weight excluding hydrogens is 248 g/mol. The molecule has 0 bridgehead atoms. The van der Waals surface area contributed by atoms with E-state index in [1.54, 1.807) is 0 Å². The lowest BCUT2D eigenvalue weighted by molar-refractivity contribution is -0.121. The van der Waals surface area contributed by atoms with Crippen molar-refractivity contribution in [1.82, 2.24) is 5.32 Å². The molecule has 0 spiro atoms. The Morgan fingerprint density at radius 2 is 2.06 bits per heavy atom. The van der Waals surface area contributed by atoms with Gasteiger partial charge in [-0.2, -0.15) is 0 Å². The van der Waals surface area contributed by atoms with Gasteiger partial charge in [0.1, 0.15) is 0 Å². The summed E-state index contributed by atoms with van der Waals surface area (Å²) in [6.45, 7) is 0.850. The van der Waals surface area contributed by atoms with Gasteiger partial charge >= 0.3 is 0 Å². The summed E-state index contributed by atoms with van der Waals surface area (Å²) >= 11 is 0. The van der Waals surface area contributed by atoms with Gasteiger partial charge in [0, 0.05) is 18.7 Å². The zero-order chi connectivity index (χ0) is 12.1. The predicted octanol–water partition coefficient (Wildman–Crippen LogP) is 2.54. The maximum Gasteiger partial charge on any atom is 0.220 e. The van der Waals surface area contributed by atoms with Crippen LogP contribution < -0.4 is 11.1 Å². The summed E-state index contributed by atoms with van der Waals surface area (Å²) in [5.74, 6) is 0.862. The van der Waals surface area contributed by atoms with Gasteiger partial charge in [0.25, 0.3) is 0 Å². The van der Waals surface area contributed by atoms with E-state index in [9.17, 15) is 4.79 Å². The van der Waals surface area contributed by atoms with E-state index in [1.807, 2.05) is 24.3 Å². The molecule has 100 valence electrons. The highest BCUT2D eigenvalue weighted by atomic mass is 35.5. The maximum absolute atomic E-state index is 11.6. The number of nitrogens with one attached hydrogen (secondary N) is 1. The molecule has 1 saturated carbocycles. The molecular formula is C14H21ClN2O. The SMILES string of the molecule is Cl.Nc1ccccc1CCC(=O)NCC1CCC1. The van der Waals surface area contributed by atoms with E-state index in [0.29, 0.717) is 6.42 Å². The number of para-hydroxylation sites is 1. The Balaban J connectivity index is 0.00000162. The third-order valence-corrected chi connectivity index (χ3v) is 3.49. The van der Waals surface area contributed by atoms with Crippen LogP contribution in [0, 0.1) is 5.92 Å². The summed E-state index contributed by atoms with van der Waals surface area (Å²) in [7, 11) is 0. The second-order valence-electron chi connectivity index (χ2n) is 4.80. The Hall–Kier alpha value is -1.22. The van der Waals surface area contributed by atoms with Crippen LogP contribution in [0.2, 0.25) is 0 Å². The monoisotopic (exact) mass is 268 g/mol. The Kier molecular flexibility index (Phi) is 5.99. The van der Waals surface area contributed by atoms with Crippen LogP contribution in [0.15, 0.2) is 24.3 Å². The number of aryl methyl sites for hydroxylation is 1. The van der Waals surface area contributed by atoms with Crippen LogP contribution in [-0.4, -0.2) is 12.5 Å². The first-order valence-corrected chi connectivity index (χ1v) is 6.36. The van der Waals surface area contributed by atoms with Crippen molar-refractivity contribution in [3.63, 3.8) is 0 Å². The predicted molar refractivity (Wildman–Crippen MR) is 76.8 cm³/mol. The van der Waals surface area contributed by atoms with Crippen molar-refractivity contribution < 1.29 is 4.79 Å². The van der Waals surface area contributed by atoms with Crippen molar-refractivity contribution in [2.45, 2.75) is 32.1 Å². The Morgan fingerprint density at radius 1 is 1.33 bits per heavy atom. The number of hydrogen-bond donors (Lipinski definition) is 2. The molecule has 1 aromatic carbocycles. The fourth-order valence-corrected chi connectivity index (χ4v) is 2.05.